The summed E-state index contributed by atoms with van der Waals surface area (Å²) in [5, 5.41) is 10.9. The van der Waals surface area contributed by atoms with Crippen LogP contribution >= 0.6 is 0 Å². The molecule has 0 fully saturated rings. The second-order valence-electron chi connectivity index (χ2n) is 5.67. The SMILES string of the molecule is Cc1ccc(-c2nnc(CCC(=O)N[C@H](C)c3ccco3)o2)cc1. The molecule has 24 heavy (non-hydrogen) atoms. The number of hydrogen-bond donors (Lipinski definition) is 1. The standard InChI is InChI=1S/C18H19N3O3/c1-12-5-7-14(8-6-12)18-21-20-17(24-18)10-9-16(22)19-13(2)15-4-3-11-23-15/h3-8,11,13H,9-10H2,1-2H3,(H,19,22)/t13-/m1/s1. The van der Waals surface area contributed by atoms with Crippen LogP contribution in [0.3, 0.4) is 0 Å². The number of nitrogens with one attached hydrogen (secondary N) is 1. The van der Waals surface area contributed by atoms with E-state index in [9.17, 15) is 4.79 Å². The van der Waals surface area contributed by atoms with Gasteiger partial charge in [-0.3, -0.25) is 4.79 Å². The van der Waals surface area contributed by atoms with Crippen molar-refractivity contribution in [2.75, 3.05) is 0 Å². The Hall–Kier alpha value is -2.89. The molecule has 0 aliphatic carbocycles. The van der Waals surface area contributed by atoms with Crippen LogP contribution in [0.5, 0.6) is 0 Å². The molecule has 3 aromatic rings. The van der Waals surface area contributed by atoms with E-state index in [0.717, 1.165) is 11.3 Å². The number of aryl methyl sites for hydroxylation is 2. The van der Waals surface area contributed by atoms with Crippen LogP contribution in [0.2, 0.25) is 0 Å². The number of rotatable bonds is 6. The lowest BCUT2D eigenvalue weighted by atomic mass is 10.1. The quantitative estimate of drug-likeness (QED) is 0.750. The molecular formula is C18H19N3O3. The molecule has 6 heteroatoms. The van der Waals surface area contributed by atoms with E-state index in [0.29, 0.717) is 18.2 Å². The van der Waals surface area contributed by atoms with Crippen LogP contribution in [0.1, 0.15) is 36.6 Å². The highest BCUT2D eigenvalue weighted by Crippen LogP contribution is 2.19. The Bertz CT molecular complexity index is 791. The molecule has 0 saturated carbocycles. The predicted molar refractivity (Wildman–Crippen MR) is 88.1 cm³/mol. The fourth-order valence-corrected chi connectivity index (χ4v) is 2.31. The van der Waals surface area contributed by atoms with Gasteiger partial charge in [-0.05, 0) is 38.1 Å². The number of hydrogen-bond acceptors (Lipinski definition) is 5. The topological polar surface area (TPSA) is 81.2 Å². The van der Waals surface area contributed by atoms with Crippen molar-refractivity contribution in [1.29, 1.82) is 0 Å². The molecule has 1 amide bonds. The van der Waals surface area contributed by atoms with Gasteiger partial charge < -0.3 is 14.2 Å². The average Bonchev–Trinajstić information content (AvgIpc) is 3.25. The van der Waals surface area contributed by atoms with Crippen molar-refractivity contribution in [3.05, 3.63) is 59.9 Å². The summed E-state index contributed by atoms with van der Waals surface area (Å²) in [5.74, 6) is 1.55. The lowest BCUT2D eigenvalue weighted by molar-refractivity contribution is -0.121. The molecule has 6 nitrogen and oxygen atoms in total. The first-order chi connectivity index (χ1) is 11.6. The molecule has 0 saturated heterocycles. The van der Waals surface area contributed by atoms with Gasteiger partial charge in [0, 0.05) is 18.4 Å². The lowest BCUT2D eigenvalue weighted by Crippen LogP contribution is -2.26. The van der Waals surface area contributed by atoms with Crippen LogP contribution in [-0.2, 0) is 11.2 Å². The molecule has 3 rings (SSSR count). The smallest absolute Gasteiger partial charge is 0.247 e. The van der Waals surface area contributed by atoms with Gasteiger partial charge in [-0.25, -0.2) is 0 Å². The van der Waals surface area contributed by atoms with E-state index >= 15 is 0 Å². The Morgan fingerprint density at radius 2 is 2.00 bits per heavy atom. The summed E-state index contributed by atoms with van der Waals surface area (Å²) in [6.07, 6.45) is 2.26. The van der Waals surface area contributed by atoms with E-state index in [4.69, 9.17) is 8.83 Å². The van der Waals surface area contributed by atoms with Crippen molar-refractivity contribution in [2.24, 2.45) is 0 Å². The Labute approximate surface area is 139 Å². The van der Waals surface area contributed by atoms with Crippen LogP contribution in [0, 0.1) is 6.92 Å². The Balaban J connectivity index is 1.53. The lowest BCUT2D eigenvalue weighted by Gasteiger charge is -2.10. The minimum Gasteiger partial charge on any atom is -0.467 e. The zero-order valence-electron chi connectivity index (χ0n) is 13.7. The number of furan rings is 1. The maximum absolute atomic E-state index is 12.0. The van der Waals surface area contributed by atoms with Crippen molar-refractivity contribution in [2.45, 2.75) is 32.7 Å². The van der Waals surface area contributed by atoms with Crippen molar-refractivity contribution < 1.29 is 13.6 Å². The third kappa shape index (κ3) is 3.90. The van der Waals surface area contributed by atoms with Gasteiger partial charge in [0.15, 0.2) is 0 Å². The first kappa shape index (κ1) is 16.0. The summed E-state index contributed by atoms with van der Waals surface area (Å²) in [5.41, 5.74) is 2.04. The van der Waals surface area contributed by atoms with E-state index in [1.54, 1.807) is 12.3 Å². The zero-order chi connectivity index (χ0) is 16.9. The highest BCUT2D eigenvalue weighted by Gasteiger charge is 2.14. The van der Waals surface area contributed by atoms with Crippen LogP contribution < -0.4 is 5.32 Å². The fraction of sp³-hybridized carbons (Fsp3) is 0.278. The third-order valence-corrected chi connectivity index (χ3v) is 3.68. The maximum Gasteiger partial charge on any atom is 0.247 e. The second kappa shape index (κ2) is 7.12. The molecule has 2 heterocycles. The van der Waals surface area contributed by atoms with Gasteiger partial charge in [-0.1, -0.05) is 17.7 Å². The van der Waals surface area contributed by atoms with Gasteiger partial charge in [0.25, 0.3) is 0 Å². The Morgan fingerprint density at radius 1 is 1.21 bits per heavy atom. The van der Waals surface area contributed by atoms with Gasteiger partial charge in [0.05, 0.1) is 12.3 Å². The Kier molecular flexibility index (Phi) is 4.74. The molecule has 1 atom stereocenters. The maximum atomic E-state index is 12.0. The summed E-state index contributed by atoms with van der Waals surface area (Å²) >= 11 is 0. The molecule has 1 N–H and O–H groups in total. The second-order valence-corrected chi connectivity index (χ2v) is 5.67. The molecule has 124 valence electrons. The van der Waals surface area contributed by atoms with Gasteiger partial charge in [0.1, 0.15) is 5.76 Å². The summed E-state index contributed by atoms with van der Waals surface area (Å²) in [6, 6.07) is 11.3. The van der Waals surface area contributed by atoms with Gasteiger partial charge in [-0.15, -0.1) is 10.2 Å². The van der Waals surface area contributed by atoms with Gasteiger partial charge in [-0.2, -0.15) is 0 Å². The first-order valence-electron chi connectivity index (χ1n) is 7.84. The van der Waals surface area contributed by atoms with Crippen molar-refractivity contribution in [3.8, 4) is 11.5 Å². The summed E-state index contributed by atoms with van der Waals surface area (Å²) in [7, 11) is 0. The molecular weight excluding hydrogens is 306 g/mol. The van der Waals surface area contributed by atoms with Gasteiger partial charge >= 0.3 is 0 Å². The van der Waals surface area contributed by atoms with Crippen molar-refractivity contribution >= 4 is 5.91 Å². The van der Waals surface area contributed by atoms with Crippen LogP contribution in [0.4, 0.5) is 0 Å². The number of nitrogens with zero attached hydrogens (tertiary/aromatic N) is 2. The fourth-order valence-electron chi connectivity index (χ4n) is 2.31. The van der Waals surface area contributed by atoms with Crippen molar-refractivity contribution in [3.63, 3.8) is 0 Å². The molecule has 2 aromatic heterocycles. The van der Waals surface area contributed by atoms with Crippen LogP contribution in [0.25, 0.3) is 11.5 Å². The molecule has 0 aliphatic rings. The largest absolute Gasteiger partial charge is 0.467 e. The summed E-state index contributed by atoms with van der Waals surface area (Å²) in [6.45, 7) is 3.89. The first-order valence-corrected chi connectivity index (χ1v) is 7.84. The number of benzene rings is 1. The number of amides is 1. The molecule has 0 aliphatic heterocycles. The summed E-state index contributed by atoms with van der Waals surface area (Å²) in [4.78, 5) is 12.0. The number of aromatic nitrogens is 2. The normalized spacial score (nSPS) is 12.1. The van der Waals surface area contributed by atoms with Gasteiger partial charge in [0.2, 0.25) is 17.7 Å². The average molecular weight is 325 g/mol. The zero-order valence-corrected chi connectivity index (χ0v) is 13.7. The highest BCUT2D eigenvalue weighted by atomic mass is 16.4. The monoisotopic (exact) mass is 325 g/mol. The van der Waals surface area contributed by atoms with Crippen LogP contribution in [0.15, 0.2) is 51.5 Å². The van der Waals surface area contributed by atoms with E-state index in [1.807, 2.05) is 44.2 Å². The summed E-state index contributed by atoms with van der Waals surface area (Å²) < 4.78 is 10.9. The molecule has 1 aromatic carbocycles. The highest BCUT2D eigenvalue weighted by molar-refractivity contribution is 5.76. The third-order valence-electron chi connectivity index (χ3n) is 3.68. The molecule has 0 bridgehead atoms. The van der Waals surface area contributed by atoms with E-state index in [-0.39, 0.29) is 18.4 Å². The minimum absolute atomic E-state index is 0.0889. The predicted octanol–water partition coefficient (Wildman–Crippen LogP) is 3.45. The van der Waals surface area contributed by atoms with E-state index in [1.165, 1.54) is 5.56 Å². The number of carbonyl (C=O) groups is 1. The van der Waals surface area contributed by atoms with E-state index in [2.05, 4.69) is 15.5 Å². The molecule has 0 spiro atoms. The van der Waals surface area contributed by atoms with E-state index < -0.39 is 0 Å². The Morgan fingerprint density at radius 3 is 2.71 bits per heavy atom. The van der Waals surface area contributed by atoms with Crippen molar-refractivity contribution in [1.82, 2.24) is 15.5 Å². The molecule has 0 radical (unpaired) electrons. The van der Waals surface area contributed by atoms with Crippen LogP contribution in [-0.4, -0.2) is 16.1 Å². The molecule has 0 unspecified atom stereocenters. The number of carbonyl (C=O) groups excluding carboxylic acids is 1. The minimum atomic E-state index is -0.168.